The second-order valence-electron chi connectivity index (χ2n) is 8.85. The van der Waals surface area contributed by atoms with Crippen LogP contribution in [-0.4, -0.2) is 38.6 Å². The van der Waals surface area contributed by atoms with Gasteiger partial charge < -0.3 is 28.4 Å². The molecule has 0 radical (unpaired) electrons. The zero-order valence-electron chi connectivity index (χ0n) is 23.1. The zero-order chi connectivity index (χ0) is 28.6. The van der Waals surface area contributed by atoms with Gasteiger partial charge in [-0.15, -0.1) is 0 Å². The van der Waals surface area contributed by atoms with Crippen LogP contribution in [0.5, 0.6) is 28.7 Å². The van der Waals surface area contributed by atoms with Crippen molar-refractivity contribution >= 4 is 11.9 Å². The predicted octanol–water partition coefficient (Wildman–Crippen LogP) is 6.70. The highest BCUT2D eigenvalue weighted by atomic mass is 16.7. The number of hydrogen-bond donors (Lipinski definition) is 0. The fraction of sp³-hybridized carbons (Fsp3) is 0.312. The third kappa shape index (κ3) is 10.4. The summed E-state index contributed by atoms with van der Waals surface area (Å²) in [7, 11) is 0. The topological polar surface area (TPSA) is 89.5 Å². The van der Waals surface area contributed by atoms with Crippen LogP contribution in [0.2, 0.25) is 0 Å². The molecule has 0 heterocycles. The molecule has 0 saturated carbocycles. The van der Waals surface area contributed by atoms with Crippen molar-refractivity contribution in [3.63, 3.8) is 0 Å². The molecule has 0 unspecified atom stereocenters. The fourth-order valence-corrected chi connectivity index (χ4v) is 3.55. The molecule has 8 nitrogen and oxygen atoms in total. The molecule has 0 fully saturated rings. The van der Waals surface area contributed by atoms with Crippen molar-refractivity contribution in [2.24, 2.45) is 0 Å². The second kappa shape index (κ2) is 16.5. The molecule has 0 aliphatic carbocycles. The molecule has 212 valence electrons. The molecular weight excluding hydrogens is 512 g/mol. The quantitative estimate of drug-likeness (QED) is 0.0606. The van der Waals surface area contributed by atoms with Crippen LogP contribution < -0.4 is 23.7 Å². The van der Waals surface area contributed by atoms with Crippen molar-refractivity contribution in [1.29, 1.82) is 0 Å². The molecular formula is C32H36O8. The van der Waals surface area contributed by atoms with Gasteiger partial charge in [-0.2, -0.15) is 0 Å². The maximum Gasteiger partial charge on any atom is 0.343 e. The third-order valence-corrected chi connectivity index (χ3v) is 5.74. The Hall–Kier alpha value is -4.46. The van der Waals surface area contributed by atoms with Gasteiger partial charge in [0.1, 0.15) is 42.0 Å². The summed E-state index contributed by atoms with van der Waals surface area (Å²) in [6, 6.07) is 19.1. The van der Waals surface area contributed by atoms with Crippen LogP contribution in [-0.2, 0) is 9.53 Å². The summed E-state index contributed by atoms with van der Waals surface area (Å²) in [4.78, 5) is 23.6. The summed E-state index contributed by atoms with van der Waals surface area (Å²) in [6.45, 7) is 8.37. The molecule has 0 saturated heterocycles. The number of carbonyl (C=O) groups is 2. The summed E-state index contributed by atoms with van der Waals surface area (Å²) >= 11 is 0. The number of unbranched alkanes of at least 4 members (excludes halogenated alkanes) is 3. The van der Waals surface area contributed by atoms with Crippen molar-refractivity contribution < 1.29 is 38.0 Å². The van der Waals surface area contributed by atoms with Gasteiger partial charge in [0, 0.05) is 6.08 Å². The SMILES string of the molecule is C=CC(=O)OCCOc1ccc(C(=O)Oc2ccc(OCOc3ccc(OCCCCCC)cc3)cc2C)cc1. The minimum Gasteiger partial charge on any atom is -0.494 e. The third-order valence-electron chi connectivity index (χ3n) is 5.74. The molecule has 0 atom stereocenters. The van der Waals surface area contributed by atoms with Gasteiger partial charge in [-0.1, -0.05) is 32.8 Å². The number of aryl methyl sites for hydroxylation is 1. The molecule has 0 N–H and O–H groups in total. The van der Waals surface area contributed by atoms with Gasteiger partial charge in [-0.25, -0.2) is 9.59 Å². The first-order valence-electron chi connectivity index (χ1n) is 13.3. The van der Waals surface area contributed by atoms with Crippen molar-refractivity contribution in [1.82, 2.24) is 0 Å². The number of ether oxygens (including phenoxy) is 6. The van der Waals surface area contributed by atoms with E-state index in [4.69, 9.17) is 28.4 Å². The highest BCUT2D eigenvalue weighted by Gasteiger charge is 2.12. The van der Waals surface area contributed by atoms with E-state index >= 15 is 0 Å². The smallest absolute Gasteiger partial charge is 0.343 e. The van der Waals surface area contributed by atoms with Crippen LogP contribution in [0.4, 0.5) is 0 Å². The average Bonchev–Trinajstić information content (AvgIpc) is 2.97. The average molecular weight is 549 g/mol. The zero-order valence-corrected chi connectivity index (χ0v) is 23.1. The van der Waals surface area contributed by atoms with Gasteiger partial charge in [0.05, 0.1) is 12.2 Å². The Kier molecular flexibility index (Phi) is 12.4. The lowest BCUT2D eigenvalue weighted by Gasteiger charge is -2.12. The van der Waals surface area contributed by atoms with E-state index in [-0.39, 0.29) is 20.0 Å². The van der Waals surface area contributed by atoms with Crippen LogP contribution in [0.3, 0.4) is 0 Å². The Balaban J connectivity index is 1.40. The Bertz CT molecular complexity index is 1220. The van der Waals surface area contributed by atoms with E-state index in [1.807, 2.05) is 31.2 Å². The molecule has 0 aliphatic heterocycles. The highest BCUT2D eigenvalue weighted by Crippen LogP contribution is 2.25. The lowest BCUT2D eigenvalue weighted by Crippen LogP contribution is -2.11. The Morgan fingerprint density at radius 2 is 1.32 bits per heavy atom. The van der Waals surface area contributed by atoms with E-state index in [9.17, 15) is 9.59 Å². The minimum absolute atomic E-state index is 0.0287. The molecule has 0 spiro atoms. The molecule has 8 heteroatoms. The maximum absolute atomic E-state index is 12.6. The van der Waals surface area contributed by atoms with Crippen molar-refractivity contribution in [3.05, 3.63) is 90.5 Å². The van der Waals surface area contributed by atoms with E-state index < -0.39 is 11.9 Å². The van der Waals surface area contributed by atoms with Gasteiger partial charge in [-0.3, -0.25) is 0 Å². The Morgan fingerprint density at radius 1 is 0.725 bits per heavy atom. The summed E-state index contributed by atoms with van der Waals surface area (Å²) < 4.78 is 33.0. The number of benzene rings is 3. The van der Waals surface area contributed by atoms with Crippen molar-refractivity contribution in [2.45, 2.75) is 39.5 Å². The molecule has 40 heavy (non-hydrogen) atoms. The normalized spacial score (nSPS) is 10.3. The first kappa shape index (κ1) is 30.1. The van der Waals surface area contributed by atoms with E-state index in [2.05, 4.69) is 13.5 Å². The van der Waals surface area contributed by atoms with Crippen LogP contribution in [0.1, 0.15) is 48.5 Å². The Labute approximate surface area is 235 Å². The van der Waals surface area contributed by atoms with Crippen molar-refractivity contribution in [3.8, 4) is 28.7 Å². The number of hydrogen-bond acceptors (Lipinski definition) is 8. The van der Waals surface area contributed by atoms with E-state index in [1.54, 1.807) is 42.5 Å². The van der Waals surface area contributed by atoms with Crippen LogP contribution >= 0.6 is 0 Å². The largest absolute Gasteiger partial charge is 0.494 e. The minimum atomic E-state index is -0.509. The lowest BCUT2D eigenvalue weighted by atomic mass is 10.2. The summed E-state index contributed by atoms with van der Waals surface area (Å²) in [5.41, 5.74) is 1.10. The van der Waals surface area contributed by atoms with Crippen molar-refractivity contribution in [2.75, 3.05) is 26.6 Å². The van der Waals surface area contributed by atoms with E-state index in [0.717, 1.165) is 23.8 Å². The maximum atomic E-state index is 12.6. The molecule has 0 bridgehead atoms. The number of esters is 2. The Morgan fingerprint density at radius 3 is 1.98 bits per heavy atom. The first-order chi connectivity index (χ1) is 19.5. The highest BCUT2D eigenvalue weighted by molar-refractivity contribution is 5.91. The van der Waals surface area contributed by atoms with Crippen LogP contribution in [0, 0.1) is 6.92 Å². The van der Waals surface area contributed by atoms with Gasteiger partial charge in [0.2, 0.25) is 6.79 Å². The second-order valence-corrected chi connectivity index (χ2v) is 8.85. The molecule has 3 aromatic rings. The van der Waals surface area contributed by atoms with E-state index in [0.29, 0.717) is 35.2 Å². The summed E-state index contributed by atoms with van der Waals surface area (Å²) in [5, 5.41) is 0. The standard InChI is InChI=1S/C32H36O8/c1-4-6-7-8-19-35-27-13-15-28(16-14-27)38-23-39-29-17-18-30(24(3)22-29)40-32(34)25-9-11-26(12-10-25)36-20-21-37-31(33)5-2/h5,9-18,22H,2,4,6-8,19-21,23H2,1,3H3. The van der Waals surface area contributed by atoms with Gasteiger partial charge >= 0.3 is 11.9 Å². The number of carbonyl (C=O) groups excluding carboxylic acids is 2. The molecule has 0 amide bonds. The van der Waals surface area contributed by atoms with Crippen LogP contribution in [0.25, 0.3) is 0 Å². The summed E-state index contributed by atoms with van der Waals surface area (Å²) in [5.74, 6) is 2.03. The van der Waals surface area contributed by atoms with E-state index in [1.165, 1.54) is 19.3 Å². The molecule has 0 aliphatic rings. The number of rotatable bonds is 17. The molecule has 3 rings (SSSR count). The van der Waals surface area contributed by atoms with Gasteiger partial charge in [0.15, 0.2) is 0 Å². The fourth-order valence-electron chi connectivity index (χ4n) is 3.55. The monoisotopic (exact) mass is 548 g/mol. The first-order valence-corrected chi connectivity index (χ1v) is 13.3. The van der Waals surface area contributed by atoms with Crippen LogP contribution in [0.15, 0.2) is 79.4 Å². The lowest BCUT2D eigenvalue weighted by molar-refractivity contribution is -0.138. The van der Waals surface area contributed by atoms with Gasteiger partial charge in [0.25, 0.3) is 0 Å². The molecule has 3 aromatic carbocycles. The molecule has 0 aromatic heterocycles. The van der Waals surface area contributed by atoms with Gasteiger partial charge in [-0.05, 0) is 85.6 Å². The predicted molar refractivity (Wildman–Crippen MR) is 151 cm³/mol. The summed E-state index contributed by atoms with van der Waals surface area (Å²) in [6.07, 6.45) is 5.76.